The van der Waals surface area contributed by atoms with E-state index in [9.17, 15) is 16.8 Å². The van der Waals surface area contributed by atoms with Crippen molar-refractivity contribution in [2.75, 3.05) is 15.6 Å². The summed E-state index contributed by atoms with van der Waals surface area (Å²) in [5, 5.41) is 0. The van der Waals surface area contributed by atoms with Crippen LogP contribution in [0.4, 0.5) is 11.4 Å². The lowest BCUT2D eigenvalue weighted by molar-refractivity contribution is 0.592. The molecule has 0 spiro atoms. The number of nitrogens with zero attached hydrogens (tertiary/aromatic N) is 1. The van der Waals surface area contributed by atoms with Gasteiger partial charge in [-0.25, -0.2) is 16.8 Å². The van der Waals surface area contributed by atoms with E-state index in [1.807, 2.05) is 13.8 Å². The summed E-state index contributed by atoms with van der Waals surface area (Å²) in [6.07, 6.45) is 5.45. The molecule has 0 atom stereocenters. The van der Waals surface area contributed by atoms with Crippen molar-refractivity contribution in [1.82, 2.24) is 0 Å². The van der Waals surface area contributed by atoms with E-state index in [-0.39, 0.29) is 27.7 Å². The first-order valence-electron chi connectivity index (χ1n) is 9.36. The topological polar surface area (TPSA) is 83.6 Å². The Kier molecular flexibility index (Phi) is 6.39. The Bertz CT molecular complexity index is 1320. The van der Waals surface area contributed by atoms with Gasteiger partial charge in [0.15, 0.2) is 0 Å². The lowest BCUT2D eigenvalue weighted by Gasteiger charge is -2.25. The second kappa shape index (κ2) is 8.84. The number of rotatable bonds is 7. The molecule has 1 N–H and O–H groups in total. The Hall–Kier alpha value is -3.28. The van der Waals surface area contributed by atoms with Gasteiger partial charge >= 0.3 is 0 Å². The minimum atomic E-state index is -4.03. The van der Waals surface area contributed by atoms with Crippen molar-refractivity contribution >= 4 is 31.4 Å². The number of anilines is 2. The molecule has 0 aromatic heterocycles. The van der Waals surface area contributed by atoms with Crippen molar-refractivity contribution in [3.05, 3.63) is 83.9 Å². The summed E-state index contributed by atoms with van der Waals surface area (Å²) in [5.74, 6) is 2.35. The molecule has 0 heterocycles. The van der Waals surface area contributed by atoms with Crippen molar-refractivity contribution in [1.29, 1.82) is 0 Å². The molecule has 6 nitrogen and oxygen atoms in total. The Morgan fingerprint density at radius 1 is 0.806 bits per heavy atom. The van der Waals surface area contributed by atoms with E-state index in [2.05, 4.69) is 10.6 Å². The molecule has 0 amide bonds. The average molecular weight is 455 g/mol. The number of nitrogens with one attached hydrogen (secondary N) is 1. The summed E-state index contributed by atoms with van der Waals surface area (Å²) in [4.78, 5) is 0.127. The Morgan fingerprint density at radius 3 is 1.87 bits per heavy atom. The number of aryl methyl sites for hydroxylation is 2. The maximum absolute atomic E-state index is 13.3. The van der Waals surface area contributed by atoms with Gasteiger partial charge in [0.1, 0.15) is 0 Å². The van der Waals surface area contributed by atoms with Gasteiger partial charge in [0.25, 0.3) is 20.0 Å². The van der Waals surface area contributed by atoms with Gasteiger partial charge < -0.3 is 0 Å². The van der Waals surface area contributed by atoms with Gasteiger partial charge in [-0.05, 0) is 50.2 Å². The lowest BCUT2D eigenvalue weighted by Crippen LogP contribution is -2.32. The predicted molar refractivity (Wildman–Crippen MR) is 123 cm³/mol. The molecule has 0 unspecified atom stereocenters. The van der Waals surface area contributed by atoms with Crippen molar-refractivity contribution in [3.63, 3.8) is 0 Å². The number of terminal acetylenes is 1. The predicted octanol–water partition coefficient (Wildman–Crippen LogP) is 3.93. The quantitative estimate of drug-likeness (QED) is 0.548. The molecule has 0 fully saturated rings. The molecular weight excluding hydrogens is 432 g/mol. The Morgan fingerprint density at radius 2 is 1.32 bits per heavy atom. The zero-order valence-corrected chi connectivity index (χ0v) is 18.7. The van der Waals surface area contributed by atoms with Crippen LogP contribution < -0.4 is 9.03 Å². The van der Waals surface area contributed by atoms with E-state index < -0.39 is 20.0 Å². The van der Waals surface area contributed by atoms with E-state index in [4.69, 9.17) is 6.42 Å². The van der Waals surface area contributed by atoms with Gasteiger partial charge in [0.05, 0.1) is 27.7 Å². The highest BCUT2D eigenvalue weighted by Gasteiger charge is 2.27. The van der Waals surface area contributed by atoms with E-state index in [0.717, 1.165) is 15.4 Å². The Balaban J connectivity index is 2.06. The molecule has 0 saturated heterocycles. The fourth-order valence-corrected chi connectivity index (χ4v) is 5.39. The first-order valence-corrected chi connectivity index (χ1v) is 12.3. The standard InChI is InChI=1S/C23H22N2O4S2/c1-4-17-25(31(28,29)21-15-11-19(3)12-16-21)23-8-6-5-7-22(23)24-30(26,27)20-13-9-18(2)10-14-20/h1,5-16,24H,17H2,2-3H3. The molecule has 3 aromatic carbocycles. The maximum Gasteiger partial charge on any atom is 0.265 e. The molecule has 0 aliphatic carbocycles. The van der Waals surface area contributed by atoms with Crippen LogP contribution in [0.1, 0.15) is 11.1 Å². The SMILES string of the molecule is C#CCN(c1ccccc1NS(=O)(=O)c1ccc(C)cc1)S(=O)(=O)c1ccc(C)cc1. The molecule has 0 bridgehead atoms. The Labute approximate surface area is 183 Å². The van der Waals surface area contributed by atoms with Crippen molar-refractivity contribution < 1.29 is 16.8 Å². The van der Waals surface area contributed by atoms with Crippen LogP contribution in [0.25, 0.3) is 0 Å². The molecule has 3 aromatic rings. The van der Waals surface area contributed by atoms with E-state index in [0.29, 0.717) is 0 Å². The third-order valence-electron chi connectivity index (χ3n) is 4.59. The number of hydrogen-bond donors (Lipinski definition) is 1. The number of hydrogen-bond acceptors (Lipinski definition) is 4. The lowest BCUT2D eigenvalue weighted by atomic mass is 10.2. The van der Waals surface area contributed by atoms with Crippen LogP contribution in [-0.2, 0) is 20.0 Å². The highest BCUT2D eigenvalue weighted by atomic mass is 32.2. The molecule has 3 rings (SSSR count). The van der Waals surface area contributed by atoms with E-state index >= 15 is 0 Å². The molecule has 0 saturated carbocycles. The summed E-state index contributed by atoms with van der Waals surface area (Å²) >= 11 is 0. The van der Waals surface area contributed by atoms with E-state index in [1.54, 1.807) is 36.4 Å². The molecule has 8 heteroatoms. The van der Waals surface area contributed by atoms with E-state index in [1.165, 1.54) is 36.4 Å². The van der Waals surface area contributed by atoms with Crippen LogP contribution in [0.3, 0.4) is 0 Å². The third kappa shape index (κ3) is 4.90. The summed E-state index contributed by atoms with van der Waals surface area (Å²) in [6.45, 7) is 3.44. The summed E-state index contributed by atoms with van der Waals surface area (Å²) in [6, 6.07) is 19.0. The molecular formula is C23H22N2O4S2. The summed E-state index contributed by atoms with van der Waals surface area (Å²) < 4.78 is 55.9. The molecule has 0 aliphatic heterocycles. The second-order valence-electron chi connectivity index (χ2n) is 6.96. The van der Waals surface area contributed by atoms with Gasteiger partial charge in [0.2, 0.25) is 0 Å². The third-order valence-corrected chi connectivity index (χ3v) is 7.75. The van der Waals surface area contributed by atoms with Crippen LogP contribution in [0, 0.1) is 26.2 Å². The van der Waals surface area contributed by atoms with Crippen LogP contribution in [0.15, 0.2) is 82.6 Å². The van der Waals surface area contributed by atoms with Gasteiger partial charge in [-0.1, -0.05) is 53.4 Å². The smallest absolute Gasteiger partial charge is 0.265 e. The van der Waals surface area contributed by atoms with Crippen LogP contribution >= 0.6 is 0 Å². The normalized spacial score (nSPS) is 11.5. The highest BCUT2D eigenvalue weighted by Crippen LogP contribution is 2.32. The van der Waals surface area contributed by atoms with Gasteiger partial charge in [-0.15, -0.1) is 6.42 Å². The van der Waals surface area contributed by atoms with Gasteiger partial charge in [-0.2, -0.15) is 0 Å². The largest absolute Gasteiger partial charge is 0.277 e. The first-order chi connectivity index (χ1) is 14.6. The zero-order valence-electron chi connectivity index (χ0n) is 17.1. The monoisotopic (exact) mass is 454 g/mol. The number of para-hydroxylation sites is 2. The van der Waals surface area contributed by atoms with Crippen molar-refractivity contribution in [3.8, 4) is 12.3 Å². The molecule has 0 aliphatic rings. The van der Waals surface area contributed by atoms with Crippen LogP contribution in [0.5, 0.6) is 0 Å². The first kappa shape index (κ1) is 22.4. The maximum atomic E-state index is 13.3. The fraction of sp³-hybridized carbons (Fsp3) is 0.130. The van der Waals surface area contributed by atoms with Crippen molar-refractivity contribution in [2.45, 2.75) is 23.6 Å². The minimum Gasteiger partial charge on any atom is -0.277 e. The molecule has 0 radical (unpaired) electrons. The minimum absolute atomic E-state index is 0.0598. The fourth-order valence-electron chi connectivity index (χ4n) is 2.92. The molecule has 31 heavy (non-hydrogen) atoms. The zero-order chi connectivity index (χ0) is 22.6. The number of sulfonamides is 2. The second-order valence-corrected chi connectivity index (χ2v) is 10.5. The number of benzene rings is 3. The summed E-state index contributed by atoms with van der Waals surface area (Å²) in [5.41, 5.74) is 2.07. The molecule has 160 valence electrons. The average Bonchev–Trinajstić information content (AvgIpc) is 2.73. The summed E-state index contributed by atoms with van der Waals surface area (Å²) in [7, 11) is -7.97. The van der Waals surface area contributed by atoms with Crippen molar-refractivity contribution in [2.24, 2.45) is 0 Å². The highest BCUT2D eigenvalue weighted by molar-refractivity contribution is 7.93. The van der Waals surface area contributed by atoms with Gasteiger partial charge in [-0.3, -0.25) is 9.03 Å². The van der Waals surface area contributed by atoms with Gasteiger partial charge in [0, 0.05) is 0 Å². The van der Waals surface area contributed by atoms with Crippen LogP contribution in [0.2, 0.25) is 0 Å². The van der Waals surface area contributed by atoms with Crippen LogP contribution in [-0.4, -0.2) is 23.4 Å².